The number of hydrogen-bond acceptors (Lipinski definition) is 4. The number of aromatic nitrogens is 2. The molecule has 0 saturated carbocycles. The Labute approximate surface area is 154 Å². The van der Waals surface area contributed by atoms with Crippen LogP contribution in [0.3, 0.4) is 0 Å². The predicted molar refractivity (Wildman–Crippen MR) is 109 cm³/mol. The second-order valence-electron chi connectivity index (χ2n) is 7.63. The number of fused-ring (bicyclic) bond motifs is 3. The topological polar surface area (TPSA) is 36.3 Å². The van der Waals surface area contributed by atoms with Gasteiger partial charge in [-0.2, -0.15) is 0 Å². The third-order valence-electron chi connectivity index (χ3n) is 5.75. The Morgan fingerprint density at radius 1 is 1.19 bits per heavy atom. The lowest BCUT2D eigenvalue weighted by Gasteiger charge is -2.25. The molecule has 2 aromatic heterocycles. The molecule has 0 aliphatic carbocycles. The first-order valence-corrected chi connectivity index (χ1v) is 9.50. The van der Waals surface area contributed by atoms with Gasteiger partial charge in [0.25, 0.3) is 0 Å². The number of rotatable bonds is 2. The minimum Gasteiger partial charge on any atom is -0.374 e. The fraction of sp³-hybridized carbons (Fsp3) is 0.381. The SMILES string of the molecule is CCN1Nc2cc3c(cc2-c2cn(C(C)C)c4nccc1c24)N(C)CC3. The monoisotopic (exact) mass is 347 g/mol. The van der Waals surface area contributed by atoms with Gasteiger partial charge in [0.15, 0.2) is 0 Å². The van der Waals surface area contributed by atoms with E-state index in [1.165, 1.54) is 39.1 Å². The Balaban J connectivity index is 1.87. The number of anilines is 3. The Morgan fingerprint density at radius 2 is 2.04 bits per heavy atom. The van der Waals surface area contributed by atoms with E-state index in [1.807, 2.05) is 6.20 Å². The maximum absolute atomic E-state index is 4.73. The van der Waals surface area contributed by atoms with Crippen molar-refractivity contribution in [2.75, 3.05) is 35.5 Å². The molecule has 0 atom stereocenters. The number of likely N-dealkylation sites (N-methyl/N-ethyl adjacent to an activating group) is 1. The summed E-state index contributed by atoms with van der Waals surface area (Å²) in [5.74, 6) is 0. The molecule has 26 heavy (non-hydrogen) atoms. The van der Waals surface area contributed by atoms with Gasteiger partial charge in [-0.15, -0.1) is 0 Å². The first kappa shape index (κ1) is 15.6. The first-order valence-electron chi connectivity index (χ1n) is 9.50. The fourth-order valence-electron chi connectivity index (χ4n) is 4.35. The maximum atomic E-state index is 4.73. The minimum atomic E-state index is 0.372. The Morgan fingerprint density at radius 3 is 2.81 bits per heavy atom. The van der Waals surface area contributed by atoms with Crippen LogP contribution in [-0.2, 0) is 6.42 Å². The number of nitrogens with zero attached hydrogens (tertiary/aromatic N) is 4. The molecule has 3 aromatic rings. The van der Waals surface area contributed by atoms with Crippen LogP contribution in [0.4, 0.5) is 17.1 Å². The molecule has 0 unspecified atom stereocenters. The van der Waals surface area contributed by atoms with Crippen LogP contribution in [0, 0.1) is 0 Å². The zero-order valence-corrected chi connectivity index (χ0v) is 15.9. The molecule has 0 fully saturated rings. The summed E-state index contributed by atoms with van der Waals surface area (Å²) < 4.78 is 2.30. The first-order chi connectivity index (χ1) is 12.6. The van der Waals surface area contributed by atoms with Crippen molar-refractivity contribution in [3.8, 4) is 11.1 Å². The van der Waals surface area contributed by atoms with Gasteiger partial charge in [-0.3, -0.25) is 10.4 Å². The largest absolute Gasteiger partial charge is 0.374 e. The fourth-order valence-corrected chi connectivity index (χ4v) is 4.35. The average Bonchev–Trinajstić information content (AvgIpc) is 3.16. The molecule has 1 aromatic carbocycles. The third kappa shape index (κ3) is 2.00. The number of benzene rings is 1. The van der Waals surface area contributed by atoms with E-state index in [0.29, 0.717) is 6.04 Å². The van der Waals surface area contributed by atoms with Crippen LogP contribution in [0.1, 0.15) is 32.4 Å². The van der Waals surface area contributed by atoms with Crippen LogP contribution in [-0.4, -0.2) is 29.7 Å². The van der Waals surface area contributed by atoms with Gasteiger partial charge >= 0.3 is 0 Å². The molecule has 5 rings (SSSR count). The molecule has 134 valence electrons. The van der Waals surface area contributed by atoms with Crippen LogP contribution >= 0.6 is 0 Å². The second kappa shape index (κ2) is 5.40. The van der Waals surface area contributed by atoms with Crippen LogP contribution in [0.5, 0.6) is 0 Å². The van der Waals surface area contributed by atoms with Crippen molar-refractivity contribution in [1.82, 2.24) is 9.55 Å². The van der Waals surface area contributed by atoms with Crippen molar-refractivity contribution in [3.63, 3.8) is 0 Å². The van der Waals surface area contributed by atoms with E-state index >= 15 is 0 Å². The molecule has 1 N–H and O–H groups in total. The summed E-state index contributed by atoms with van der Waals surface area (Å²) in [6, 6.07) is 7.20. The third-order valence-corrected chi connectivity index (χ3v) is 5.75. The lowest BCUT2D eigenvalue weighted by molar-refractivity contribution is 0.618. The van der Waals surface area contributed by atoms with E-state index in [4.69, 9.17) is 4.98 Å². The van der Waals surface area contributed by atoms with Crippen molar-refractivity contribution < 1.29 is 0 Å². The van der Waals surface area contributed by atoms with E-state index in [2.05, 4.69) is 72.1 Å². The van der Waals surface area contributed by atoms with E-state index in [9.17, 15) is 0 Å². The van der Waals surface area contributed by atoms with E-state index in [-0.39, 0.29) is 0 Å². The predicted octanol–water partition coefficient (Wildman–Crippen LogP) is 4.44. The van der Waals surface area contributed by atoms with Crippen molar-refractivity contribution >= 4 is 28.1 Å². The lowest BCUT2D eigenvalue weighted by atomic mass is 10.00. The highest BCUT2D eigenvalue weighted by Crippen LogP contribution is 2.46. The quantitative estimate of drug-likeness (QED) is 0.743. The van der Waals surface area contributed by atoms with Gasteiger partial charge in [-0.05, 0) is 51.0 Å². The summed E-state index contributed by atoms with van der Waals surface area (Å²) in [5, 5.41) is 3.49. The molecule has 0 saturated heterocycles. The van der Waals surface area contributed by atoms with Crippen LogP contribution in [0.25, 0.3) is 22.2 Å². The number of hydrogen-bond donors (Lipinski definition) is 1. The molecule has 2 aliphatic heterocycles. The minimum absolute atomic E-state index is 0.372. The number of hydrazine groups is 1. The van der Waals surface area contributed by atoms with E-state index in [0.717, 1.165) is 25.2 Å². The molecule has 0 spiro atoms. The normalized spacial score (nSPS) is 15.3. The molecule has 4 heterocycles. The smallest absolute Gasteiger partial charge is 0.142 e. The van der Waals surface area contributed by atoms with Gasteiger partial charge in [-0.1, -0.05) is 0 Å². The van der Waals surface area contributed by atoms with Crippen LogP contribution < -0.4 is 15.3 Å². The van der Waals surface area contributed by atoms with Gasteiger partial charge < -0.3 is 9.47 Å². The highest BCUT2D eigenvalue weighted by atomic mass is 15.5. The highest BCUT2D eigenvalue weighted by molar-refractivity contribution is 6.07. The Bertz CT molecular complexity index is 1020. The van der Waals surface area contributed by atoms with Crippen molar-refractivity contribution in [3.05, 3.63) is 36.2 Å². The number of nitrogens with one attached hydrogen (secondary N) is 1. The Hall–Kier alpha value is -2.69. The summed E-state index contributed by atoms with van der Waals surface area (Å²) in [5.41, 5.74) is 12.5. The summed E-state index contributed by atoms with van der Waals surface area (Å²) in [6.07, 6.45) is 5.32. The number of pyridine rings is 1. The average molecular weight is 347 g/mol. The summed E-state index contributed by atoms with van der Waals surface area (Å²) in [7, 11) is 2.19. The molecule has 2 aliphatic rings. The molecule has 5 nitrogen and oxygen atoms in total. The summed E-state index contributed by atoms with van der Waals surface area (Å²) in [6.45, 7) is 8.61. The van der Waals surface area contributed by atoms with Gasteiger partial charge in [-0.25, -0.2) is 4.98 Å². The Kier molecular flexibility index (Phi) is 3.23. The molecule has 0 bridgehead atoms. The van der Waals surface area contributed by atoms with Gasteiger partial charge in [0.05, 0.1) is 16.8 Å². The van der Waals surface area contributed by atoms with Crippen LogP contribution in [0.2, 0.25) is 0 Å². The maximum Gasteiger partial charge on any atom is 0.142 e. The molecule has 0 radical (unpaired) electrons. The van der Waals surface area contributed by atoms with Gasteiger partial charge in [0.2, 0.25) is 0 Å². The summed E-state index contributed by atoms with van der Waals surface area (Å²) >= 11 is 0. The molecular weight excluding hydrogens is 322 g/mol. The standard InChI is InChI=1S/C21H25N5/c1-5-26-18-6-8-22-21-20(18)16(12-25(21)13(2)3)15-11-19-14(7-9-24(19)4)10-17(15)23-26/h6,8,10-13,23H,5,7,9H2,1-4H3. The van der Waals surface area contributed by atoms with Crippen molar-refractivity contribution in [1.29, 1.82) is 0 Å². The zero-order valence-electron chi connectivity index (χ0n) is 15.9. The van der Waals surface area contributed by atoms with Crippen LogP contribution in [0.15, 0.2) is 30.6 Å². The molecule has 0 amide bonds. The van der Waals surface area contributed by atoms with Gasteiger partial charge in [0, 0.05) is 55.4 Å². The molecule has 5 heteroatoms. The van der Waals surface area contributed by atoms with Crippen molar-refractivity contribution in [2.24, 2.45) is 0 Å². The highest BCUT2D eigenvalue weighted by Gasteiger charge is 2.27. The van der Waals surface area contributed by atoms with Gasteiger partial charge in [0.1, 0.15) is 5.65 Å². The van der Waals surface area contributed by atoms with E-state index in [1.54, 1.807) is 0 Å². The summed E-state index contributed by atoms with van der Waals surface area (Å²) in [4.78, 5) is 7.09. The second-order valence-corrected chi connectivity index (χ2v) is 7.63. The van der Waals surface area contributed by atoms with Crippen molar-refractivity contribution in [2.45, 2.75) is 33.2 Å². The van der Waals surface area contributed by atoms with E-state index < -0.39 is 0 Å². The molecular formula is C21H25N5. The zero-order chi connectivity index (χ0) is 18.0. The lowest BCUT2D eigenvalue weighted by Crippen LogP contribution is -2.29.